The number of carbonyl (C=O) groups is 1. The van der Waals surface area contributed by atoms with Gasteiger partial charge in [-0.2, -0.15) is 0 Å². The number of hydrogen-bond acceptors (Lipinski definition) is 4. The number of carbonyl (C=O) groups excluding carboxylic acids is 1. The third-order valence-electron chi connectivity index (χ3n) is 6.76. The summed E-state index contributed by atoms with van der Waals surface area (Å²) in [6.07, 6.45) is 7.31. The van der Waals surface area contributed by atoms with Crippen LogP contribution in [-0.2, 0) is 9.53 Å². The summed E-state index contributed by atoms with van der Waals surface area (Å²) in [6, 6.07) is 7.68. The van der Waals surface area contributed by atoms with Crippen molar-refractivity contribution < 1.29 is 14.3 Å². The monoisotopic (exact) mass is 402 g/mol. The molecule has 0 radical (unpaired) electrons. The second-order valence-electron chi connectivity index (χ2n) is 9.09. The first-order chi connectivity index (χ1) is 14.0. The van der Waals surface area contributed by atoms with Gasteiger partial charge in [-0.05, 0) is 94.1 Å². The number of benzene rings is 1. The fourth-order valence-corrected chi connectivity index (χ4v) is 4.40. The molecule has 5 nitrogen and oxygen atoms in total. The van der Waals surface area contributed by atoms with Crippen molar-refractivity contribution in [3.05, 3.63) is 24.3 Å². The number of amides is 1. The maximum absolute atomic E-state index is 12.8. The second-order valence-corrected chi connectivity index (χ2v) is 9.09. The number of nitrogens with one attached hydrogen (secondary N) is 1. The Hall–Kier alpha value is -1.59. The number of anilines is 1. The fraction of sp³-hybridized carbons (Fsp3) is 0.708. The minimum atomic E-state index is -0.687. The van der Waals surface area contributed by atoms with Gasteiger partial charge in [-0.15, -0.1) is 0 Å². The molecule has 1 aliphatic heterocycles. The lowest BCUT2D eigenvalue weighted by Crippen LogP contribution is -2.47. The van der Waals surface area contributed by atoms with E-state index < -0.39 is 5.60 Å². The first-order valence-corrected chi connectivity index (χ1v) is 11.3. The summed E-state index contributed by atoms with van der Waals surface area (Å²) in [7, 11) is 1.65. The van der Waals surface area contributed by atoms with Crippen molar-refractivity contribution >= 4 is 11.6 Å². The topological polar surface area (TPSA) is 50.8 Å². The van der Waals surface area contributed by atoms with Gasteiger partial charge < -0.3 is 19.7 Å². The molecule has 162 valence electrons. The Morgan fingerprint density at radius 3 is 2.31 bits per heavy atom. The van der Waals surface area contributed by atoms with Crippen LogP contribution in [0, 0.1) is 11.8 Å². The van der Waals surface area contributed by atoms with Crippen LogP contribution in [0.1, 0.15) is 58.8 Å². The molecule has 0 bridgehead atoms. The molecule has 1 aromatic carbocycles. The van der Waals surface area contributed by atoms with Gasteiger partial charge in [0.05, 0.1) is 6.61 Å². The lowest BCUT2D eigenvalue weighted by molar-refractivity contribution is -0.142. The van der Waals surface area contributed by atoms with Crippen molar-refractivity contribution in [3.63, 3.8) is 0 Å². The van der Waals surface area contributed by atoms with Crippen molar-refractivity contribution in [1.82, 2.24) is 4.90 Å². The molecule has 2 fully saturated rings. The summed E-state index contributed by atoms with van der Waals surface area (Å²) in [5, 5.41) is 3.03. The maximum atomic E-state index is 12.8. The van der Waals surface area contributed by atoms with Gasteiger partial charge >= 0.3 is 0 Å². The Balaban J connectivity index is 1.41. The van der Waals surface area contributed by atoms with Crippen molar-refractivity contribution in [3.8, 4) is 5.75 Å². The van der Waals surface area contributed by atoms with Gasteiger partial charge in [0.15, 0.2) is 0 Å². The van der Waals surface area contributed by atoms with Gasteiger partial charge in [-0.1, -0.05) is 13.8 Å². The zero-order valence-electron chi connectivity index (χ0n) is 18.4. The molecule has 1 heterocycles. The van der Waals surface area contributed by atoms with E-state index in [1.54, 1.807) is 7.11 Å². The highest BCUT2D eigenvalue weighted by molar-refractivity contribution is 5.97. The number of likely N-dealkylation sites (tertiary alicyclic amines) is 1. The minimum absolute atomic E-state index is 0.0311. The third-order valence-corrected chi connectivity index (χ3v) is 6.76. The highest BCUT2D eigenvalue weighted by atomic mass is 16.5. The molecule has 0 unspecified atom stereocenters. The smallest absolute Gasteiger partial charge is 0.256 e. The van der Waals surface area contributed by atoms with Crippen LogP contribution in [0.5, 0.6) is 5.75 Å². The van der Waals surface area contributed by atoms with E-state index >= 15 is 0 Å². The second kappa shape index (κ2) is 10.4. The number of hydrogen-bond donors (Lipinski definition) is 1. The average Bonchev–Trinajstić information content (AvgIpc) is 2.74. The molecule has 2 aliphatic rings. The van der Waals surface area contributed by atoms with E-state index in [-0.39, 0.29) is 5.91 Å². The lowest BCUT2D eigenvalue weighted by Gasteiger charge is -2.36. The summed E-state index contributed by atoms with van der Waals surface area (Å²) >= 11 is 0. The summed E-state index contributed by atoms with van der Waals surface area (Å²) in [5.41, 5.74) is 0.105. The Bertz CT molecular complexity index is 630. The molecule has 1 saturated heterocycles. The highest BCUT2D eigenvalue weighted by Gasteiger charge is 2.41. The van der Waals surface area contributed by atoms with E-state index in [1.165, 1.54) is 25.9 Å². The van der Waals surface area contributed by atoms with Crippen LogP contribution in [0.3, 0.4) is 0 Å². The molecule has 5 heteroatoms. The molecular weight excluding hydrogens is 364 g/mol. The molecule has 1 amide bonds. The molecule has 0 spiro atoms. The molecule has 1 N–H and O–H groups in total. The Labute approximate surface area is 176 Å². The van der Waals surface area contributed by atoms with Crippen LogP contribution in [0.15, 0.2) is 24.3 Å². The van der Waals surface area contributed by atoms with Gasteiger partial charge in [0.1, 0.15) is 11.4 Å². The van der Waals surface area contributed by atoms with Gasteiger partial charge in [-0.3, -0.25) is 4.79 Å². The number of methoxy groups -OCH3 is 1. The van der Waals surface area contributed by atoms with Gasteiger partial charge in [0.25, 0.3) is 5.91 Å². The van der Waals surface area contributed by atoms with Gasteiger partial charge in [0, 0.05) is 19.3 Å². The maximum Gasteiger partial charge on any atom is 0.256 e. The van der Waals surface area contributed by atoms with Crippen molar-refractivity contribution in [2.45, 2.75) is 64.4 Å². The molecule has 1 aromatic rings. The summed E-state index contributed by atoms with van der Waals surface area (Å²) < 4.78 is 11.5. The Morgan fingerprint density at radius 1 is 1.07 bits per heavy atom. The van der Waals surface area contributed by atoms with Crippen LogP contribution in [-0.4, -0.2) is 49.8 Å². The minimum Gasteiger partial charge on any atom is -0.494 e. The van der Waals surface area contributed by atoms with E-state index in [1.807, 2.05) is 24.3 Å². The van der Waals surface area contributed by atoms with Crippen LogP contribution >= 0.6 is 0 Å². The lowest BCUT2D eigenvalue weighted by atomic mass is 9.79. The first kappa shape index (κ1) is 22.1. The zero-order valence-corrected chi connectivity index (χ0v) is 18.4. The molecule has 1 aliphatic carbocycles. The van der Waals surface area contributed by atoms with Crippen molar-refractivity contribution in [2.75, 3.05) is 38.7 Å². The number of piperidine rings is 1. The summed E-state index contributed by atoms with van der Waals surface area (Å²) in [5.74, 6) is 2.36. The van der Waals surface area contributed by atoms with Gasteiger partial charge in [-0.25, -0.2) is 0 Å². The van der Waals surface area contributed by atoms with E-state index in [0.717, 1.165) is 62.6 Å². The van der Waals surface area contributed by atoms with Crippen molar-refractivity contribution in [1.29, 1.82) is 0 Å². The number of rotatable bonds is 8. The SMILES string of the molecule is COC1(C(=O)Nc2ccc(OCCCN3CCC(C)CC3)cc2)CCC(C)CC1. The molecule has 1 saturated carbocycles. The number of ether oxygens (including phenoxy) is 2. The van der Waals surface area contributed by atoms with Crippen molar-refractivity contribution in [2.24, 2.45) is 11.8 Å². The molecule has 0 aromatic heterocycles. The summed E-state index contributed by atoms with van der Waals surface area (Å²) in [4.78, 5) is 15.4. The summed E-state index contributed by atoms with van der Waals surface area (Å²) in [6.45, 7) is 8.86. The Morgan fingerprint density at radius 2 is 1.69 bits per heavy atom. The third kappa shape index (κ3) is 6.19. The van der Waals surface area contributed by atoms with Crippen LogP contribution in [0.25, 0.3) is 0 Å². The molecular formula is C24H38N2O3. The van der Waals surface area contributed by atoms with E-state index in [0.29, 0.717) is 5.92 Å². The first-order valence-electron chi connectivity index (χ1n) is 11.3. The number of nitrogens with zero attached hydrogens (tertiary/aromatic N) is 1. The predicted octanol–water partition coefficient (Wildman–Crippen LogP) is 4.72. The van der Waals surface area contributed by atoms with E-state index in [2.05, 4.69) is 24.1 Å². The molecule has 0 atom stereocenters. The standard InChI is InChI=1S/C24H38N2O3/c1-19-9-13-24(28-3,14-10-19)23(27)25-21-5-7-22(8-6-21)29-18-4-15-26-16-11-20(2)12-17-26/h5-8,19-20H,4,9-18H2,1-3H3,(H,25,27). The average molecular weight is 403 g/mol. The van der Waals surface area contributed by atoms with Crippen LogP contribution in [0.4, 0.5) is 5.69 Å². The largest absolute Gasteiger partial charge is 0.494 e. The van der Waals surface area contributed by atoms with Crippen LogP contribution < -0.4 is 10.1 Å². The van der Waals surface area contributed by atoms with E-state index in [4.69, 9.17) is 9.47 Å². The molecule has 3 rings (SSSR count). The molecule has 29 heavy (non-hydrogen) atoms. The van der Waals surface area contributed by atoms with E-state index in [9.17, 15) is 4.79 Å². The quantitative estimate of drug-likeness (QED) is 0.639. The van der Waals surface area contributed by atoms with Gasteiger partial charge in [0.2, 0.25) is 0 Å². The van der Waals surface area contributed by atoms with Crippen LogP contribution in [0.2, 0.25) is 0 Å². The predicted molar refractivity (Wildman–Crippen MR) is 117 cm³/mol. The zero-order chi connectivity index (χ0) is 20.7. The highest BCUT2D eigenvalue weighted by Crippen LogP contribution is 2.35. The Kier molecular flexibility index (Phi) is 7.96. The fourth-order valence-electron chi connectivity index (χ4n) is 4.40. The normalized spacial score (nSPS) is 26.2.